The maximum Gasteiger partial charge on any atom is 0.261 e. The van der Waals surface area contributed by atoms with E-state index in [0.29, 0.717) is 18.7 Å². The van der Waals surface area contributed by atoms with Crippen molar-refractivity contribution in [2.24, 2.45) is 0 Å². The minimum absolute atomic E-state index is 0.0563. The number of hydrogen-bond acceptors (Lipinski definition) is 4. The van der Waals surface area contributed by atoms with Gasteiger partial charge in [-0.15, -0.1) is 0 Å². The Morgan fingerprint density at radius 1 is 1.28 bits per heavy atom. The van der Waals surface area contributed by atoms with Crippen molar-refractivity contribution in [1.82, 2.24) is 9.88 Å². The molecule has 1 heterocycles. The number of carbonyl (C=O) groups excluding carboxylic acids is 1. The van der Waals surface area contributed by atoms with E-state index in [2.05, 4.69) is 4.98 Å². The summed E-state index contributed by atoms with van der Waals surface area (Å²) in [5.41, 5.74) is 3.23. The molecule has 0 unspecified atom stereocenters. The third-order valence-corrected chi connectivity index (χ3v) is 4.36. The molecule has 134 valence electrons. The second kappa shape index (κ2) is 9.18. The van der Waals surface area contributed by atoms with Gasteiger partial charge >= 0.3 is 0 Å². The van der Waals surface area contributed by atoms with E-state index in [0.717, 1.165) is 11.1 Å². The first kappa shape index (κ1) is 18.9. The van der Waals surface area contributed by atoms with Crippen LogP contribution in [0.4, 0.5) is 0 Å². The van der Waals surface area contributed by atoms with Crippen molar-refractivity contribution in [3.8, 4) is 5.75 Å². The molecule has 25 heavy (non-hydrogen) atoms. The highest BCUT2D eigenvalue weighted by Crippen LogP contribution is 2.17. The van der Waals surface area contributed by atoms with Crippen LogP contribution >= 0.6 is 0 Å². The summed E-state index contributed by atoms with van der Waals surface area (Å²) in [6.07, 6.45) is 4.10. The van der Waals surface area contributed by atoms with Crippen LogP contribution in [0.2, 0.25) is 0 Å². The summed E-state index contributed by atoms with van der Waals surface area (Å²) in [6, 6.07) is 9.29. The maximum absolute atomic E-state index is 12.7. The molecule has 5 nitrogen and oxygen atoms in total. The van der Waals surface area contributed by atoms with E-state index < -0.39 is 0 Å². The molecule has 0 spiro atoms. The number of benzene rings is 1. The number of aromatic nitrogens is 1. The topological polar surface area (TPSA) is 62.7 Å². The quantitative estimate of drug-likeness (QED) is 0.801. The molecular formula is C20H26N2O3. The molecule has 2 aromatic rings. The molecule has 0 radical (unpaired) electrons. The van der Waals surface area contributed by atoms with Crippen molar-refractivity contribution in [1.29, 1.82) is 0 Å². The molecule has 5 heteroatoms. The average Bonchev–Trinajstić information content (AvgIpc) is 2.63. The van der Waals surface area contributed by atoms with E-state index in [1.807, 2.05) is 51.1 Å². The SMILES string of the molecule is CC[C@H](CO)N(Cc1cccnc1)C(=O)COc1ccc(C)c(C)c1. The van der Waals surface area contributed by atoms with Crippen molar-refractivity contribution in [3.05, 3.63) is 59.4 Å². The normalized spacial score (nSPS) is 11.8. The van der Waals surface area contributed by atoms with Gasteiger partial charge in [-0.1, -0.05) is 19.1 Å². The van der Waals surface area contributed by atoms with Crippen molar-refractivity contribution < 1.29 is 14.6 Å². The van der Waals surface area contributed by atoms with Crippen LogP contribution in [0.1, 0.15) is 30.0 Å². The van der Waals surface area contributed by atoms with E-state index in [1.54, 1.807) is 17.3 Å². The zero-order valence-corrected chi connectivity index (χ0v) is 15.1. The first-order valence-electron chi connectivity index (χ1n) is 8.54. The average molecular weight is 342 g/mol. The Balaban J connectivity index is 2.07. The summed E-state index contributed by atoms with van der Waals surface area (Å²) in [7, 11) is 0. The highest BCUT2D eigenvalue weighted by Gasteiger charge is 2.22. The largest absolute Gasteiger partial charge is 0.484 e. The molecule has 0 bridgehead atoms. The highest BCUT2D eigenvalue weighted by atomic mass is 16.5. The van der Waals surface area contributed by atoms with Gasteiger partial charge in [0.2, 0.25) is 0 Å². The van der Waals surface area contributed by atoms with Crippen molar-refractivity contribution in [2.45, 2.75) is 39.8 Å². The molecule has 1 N–H and O–H groups in total. The van der Waals surface area contributed by atoms with E-state index in [9.17, 15) is 9.90 Å². The van der Waals surface area contributed by atoms with Gasteiger partial charge in [-0.3, -0.25) is 9.78 Å². The third kappa shape index (κ3) is 5.29. The van der Waals surface area contributed by atoms with E-state index >= 15 is 0 Å². The fraction of sp³-hybridized carbons (Fsp3) is 0.400. The number of nitrogens with zero attached hydrogens (tertiary/aromatic N) is 2. The van der Waals surface area contributed by atoms with Crippen LogP contribution in [-0.4, -0.2) is 40.2 Å². The van der Waals surface area contributed by atoms with Gasteiger partial charge < -0.3 is 14.7 Å². The number of amides is 1. The predicted octanol–water partition coefficient (Wildman–Crippen LogP) is 2.88. The number of rotatable bonds is 8. The molecular weight excluding hydrogens is 316 g/mol. The molecule has 0 aliphatic carbocycles. The zero-order valence-electron chi connectivity index (χ0n) is 15.1. The molecule has 0 fully saturated rings. The summed E-state index contributed by atoms with van der Waals surface area (Å²) >= 11 is 0. The van der Waals surface area contributed by atoms with Crippen LogP contribution in [0.15, 0.2) is 42.7 Å². The monoisotopic (exact) mass is 342 g/mol. The maximum atomic E-state index is 12.7. The van der Waals surface area contributed by atoms with Gasteiger partial charge in [-0.25, -0.2) is 0 Å². The Morgan fingerprint density at radius 3 is 2.68 bits per heavy atom. The van der Waals surface area contributed by atoms with Gasteiger partial charge in [0.1, 0.15) is 5.75 Å². The number of aryl methyl sites for hydroxylation is 2. The van der Waals surface area contributed by atoms with Crippen molar-refractivity contribution in [2.75, 3.05) is 13.2 Å². The van der Waals surface area contributed by atoms with Crippen LogP contribution in [0.25, 0.3) is 0 Å². The molecule has 1 aromatic carbocycles. The number of ether oxygens (including phenoxy) is 1. The fourth-order valence-electron chi connectivity index (χ4n) is 2.59. The molecule has 1 aromatic heterocycles. The smallest absolute Gasteiger partial charge is 0.261 e. The van der Waals surface area contributed by atoms with Crippen molar-refractivity contribution in [3.63, 3.8) is 0 Å². The summed E-state index contributed by atoms with van der Waals surface area (Å²) in [5, 5.41) is 9.63. The second-order valence-corrected chi connectivity index (χ2v) is 6.16. The van der Waals surface area contributed by atoms with Gasteiger partial charge in [0.15, 0.2) is 6.61 Å². The van der Waals surface area contributed by atoms with Gasteiger partial charge in [-0.2, -0.15) is 0 Å². The van der Waals surface area contributed by atoms with Crippen LogP contribution in [0.5, 0.6) is 5.75 Å². The Kier molecular flexibility index (Phi) is 6.95. The van der Waals surface area contributed by atoms with Gasteiger partial charge in [0, 0.05) is 18.9 Å². The molecule has 1 amide bonds. The summed E-state index contributed by atoms with van der Waals surface area (Å²) < 4.78 is 5.67. The Hall–Kier alpha value is -2.40. The molecule has 1 atom stereocenters. The fourth-order valence-corrected chi connectivity index (χ4v) is 2.59. The first-order chi connectivity index (χ1) is 12.0. The van der Waals surface area contributed by atoms with Crippen LogP contribution in [0, 0.1) is 13.8 Å². The van der Waals surface area contributed by atoms with Gasteiger partial charge in [0.25, 0.3) is 5.91 Å². The molecule has 2 rings (SSSR count). The molecule has 0 aliphatic heterocycles. The van der Waals surface area contributed by atoms with E-state index in [1.165, 1.54) is 5.56 Å². The number of carbonyl (C=O) groups is 1. The van der Waals surface area contributed by atoms with E-state index in [4.69, 9.17) is 4.74 Å². The number of aliphatic hydroxyl groups excluding tert-OH is 1. The minimum Gasteiger partial charge on any atom is -0.484 e. The minimum atomic E-state index is -0.240. The lowest BCUT2D eigenvalue weighted by molar-refractivity contribution is -0.137. The number of aliphatic hydroxyl groups is 1. The molecule has 0 saturated carbocycles. The second-order valence-electron chi connectivity index (χ2n) is 6.16. The lowest BCUT2D eigenvalue weighted by Gasteiger charge is -2.30. The van der Waals surface area contributed by atoms with E-state index in [-0.39, 0.29) is 25.2 Å². The Labute approximate surface area is 149 Å². The number of pyridine rings is 1. The van der Waals surface area contributed by atoms with Gasteiger partial charge in [-0.05, 0) is 55.2 Å². The lowest BCUT2D eigenvalue weighted by Crippen LogP contribution is -2.44. The summed E-state index contributed by atoms with van der Waals surface area (Å²) in [4.78, 5) is 18.5. The predicted molar refractivity (Wildman–Crippen MR) is 97.4 cm³/mol. The summed E-state index contributed by atoms with van der Waals surface area (Å²) in [5.74, 6) is 0.526. The van der Waals surface area contributed by atoms with Crippen molar-refractivity contribution >= 4 is 5.91 Å². The molecule has 0 aliphatic rings. The zero-order chi connectivity index (χ0) is 18.2. The Morgan fingerprint density at radius 2 is 2.08 bits per heavy atom. The first-order valence-corrected chi connectivity index (χ1v) is 8.54. The van der Waals surface area contributed by atoms with Crippen LogP contribution < -0.4 is 4.74 Å². The molecule has 0 saturated heterocycles. The lowest BCUT2D eigenvalue weighted by atomic mass is 10.1. The Bertz CT molecular complexity index is 685. The van der Waals surface area contributed by atoms with Gasteiger partial charge in [0.05, 0.1) is 12.6 Å². The third-order valence-electron chi connectivity index (χ3n) is 4.36. The standard InChI is InChI=1S/C20H26N2O3/c1-4-18(13-23)22(12-17-6-5-9-21-11-17)20(24)14-25-19-8-7-15(2)16(3)10-19/h5-11,18,23H,4,12-14H2,1-3H3/t18-/m1/s1. The number of hydrogen-bond donors (Lipinski definition) is 1. The van der Waals surface area contributed by atoms with Crippen LogP contribution in [-0.2, 0) is 11.3 Å². The highest BCUT2D eigenvalue weighted by molar-refractivity contribution is 5.78. The van der Waals surface area contributed by atoms with Crippen LogP contribution in [0.3, 0.4) is 0 Å². The summed E-state index contributed by atoms with van der Waals surface area (Å²) in [6.45, 7) is 6.27.